The summed E-state index contributed by atoms with van der Waals surface area (Å²) in [5, 5.41) is 16.4. The molecule has 3 rings (SSSR count). The molecule has 0 spiro atoms. The molecule has 0 saturated heterocycles. The first-order chi connectivity index (χ1) is 10.9. The zero-order valence-electron chi connectivity index (χ0n) is 12.9. The minimum absolute atomic E-state index is 0.283. The van der Waals surface area contributed by atoms with Gasteiger partial charge in [0.15, 0.2) is 0 Å². The molecule has 2 heterocycles. The van der Waals surface area contributed by atoms with Gasteiger partial charge in [0.2, 0.25) is 0 Å². The lowest BCUT2D eigenvalue weighted by Gasteiger charge is -2.16. The smallest absolute Gasteiger partial charge is 0.265 e. The third kappa shape index (κ3) is 3.03. The summed E-state index contributed by atoms with van der Waals surface area (Å²) in [6.07, 6.45) is 3.10. The minimum atomic E-state index is -0.409. The Bertz CT molecular complexity index is 950. The molecule has 0 aliphatic heterocycles. The molecule has 1 aromatic carbocycles. The van der Waals surface area contributed by atoms with Crippen molar-refractivity contribution in [3.8, 4) is 0 Å². The zero-order valence-corrected chi connectivity index (χ0v) is 15.1. The van der Waals surface area contributed by atoms with E-state index in [1.165, 1.54) is 15.5 Å². The minimum Gasteiger partial charge on any atom is -0.265 e. The van der Waals surface area contributed by atoms with Gasteiger partial charge in [-0.2, -0.15) is 19.4 Å². The number of benzene rings is 1. The molecule has 0 amide bonds. The molecule has 2 aromatic heterocycles. The van der Waals surface area contributed by atoms with E-state index in [0.29, 0.717) is 5.69 Å². The highest BCUT2D eigenvalue weighted by Gasteiger charge is 2.23. The lowest BCUT2D eigenvalue weighted by Crippen LogP contribution is -2.33. The van der Waals surface area contributed by atoms with E-state index in [1.54, 1.807) is 6.21 Å². The van der Waals surface area contributed by atoms with Crippen LogP contribution >= 0.6 is 22.6 Å². The average molecular weight is 422 g/mol. The summed E-state index contributed by atoms with van der Waals surface area (Å²) in [5.41, 5.74) is 0.630. The maximum absolute atomic E-state index is 12.7. The summed E-state index contributed by atoms with van der Waals surface area (Å²) < 4.78 is 3.75. The van der Waals surface area contributed by atoms with Crippen LogP contribution in [0.2, 0.25) is 0 Å². The van der Waals surface area contributed by atoms with Crippen molar-refractivity contribution in [3.05, 3.63) is 55.8 Å². The summed E-state index contributed by atoms with van der Waals surface area (Å²) in [6, 6.07) is 7.78. The third-order valence-corrected chi connectivity index (χ3v) is 4.22. The second-order valence-electron chi connectivity index (χ2n) is 6.06. The van der Waals surface area contributed by atoms with Crippen molar-refractivity contribution in [2.75, 3.05) is 0 Å². The molecule has 118 valence electrons. The fourth-order valence-electron chi connectivity index (χ4n) is 2.05. The van der Waals surface area contributed by atoms with E-state index in [9.17, 15) is 4.79 Å². The maximum atomic E-state index is 12.7. The summed E-state index contributed by atoms with van der Waals surface area (Å²) in [6.45, 7) is 5.79. The molecule has 0 saturated carbocycles. The topological polar surface area (TPSA) is 77.4 Å². The molecule has 0 fully saturated rings. The molecular formula is C15H15IN6O. The van der Waals surface area contributed by atoms with Gasteiger partial charge in [0, 0.05) is 14.5 Å². The van der Waals surface area contributed by atoms with E-state index >= 15 is 0 Å². The highest BCUT2D eigenvalue weighted by Crippen LogP contribution is 2.16. The Morgan fingerprint density at radius 2 is 2.00 bits per heavy atom. The predicted octanol–water partition coefficient (Wildman–Crippen LogP) is 2.07. The van der Waals surface area contributed by atoms with Crippen LogP contribution in [0, 0.1) is 3.57 Å². The Balaban J connectivity index is 2.21. The second-order valence-corrected chi connectivity index (χ2v) is 7.22. The molecule has 0 atom stereocenters. The van der Waals surface area contributed by atoms with Crippen LogP contribution in [0.3, 0.4) is 0 Å². The zero-order chi connectivity index (χ0) is 16.6. The predicted molar refractivity (Wildman–Crippen MR) is 95.9 cm³/mol. The number of aromatic nitrogens is 5. The van der Waals surface area contributed by atoms with Crippen molar-refractivity contribution in [2.24, 2.45) is 5.10 Å². The van der Waals surface area contributed by atoms with Gasteiger partial charge in [-0.05, 0) is 28.7 Å². The van der Waals surface area contributed by atoms with Crippen molar-refractivity contribution in [3.63, 3.8) is 0 Å². The highest BCUT2D eigenvalue weighted by molar-refractivity contribution is 14.1. The summed E-state index contributed by atoms with van der Waals surface area (Å²) in [5.74, 6) is 0.283. The Kier molecular flexibility index (Phi) is 4.00. The molecule has 0 bridgehead atoms. The highest BCUT2D eigenvalue weighted by atomic mass is 127. The first kappa shape index (κ1) is 15.8. The van der Waals surface area contributed by atoms with Crippen molar-refractivity contribution in [2.45, 2.75) is 26.2 Å². The van der Waals surface area contributed by atoms with Crippen LogP contribution < -0.4 is 5.56 Å². The van der Waals surface area contributed by atoms with E-state index in [-0.39, 0.29) is 11.3 Å². The van der Waals surface area contributed by atoms with E-state index in [1.807, 2.05) is 45.0 Å². The fraction of sp³-hybridized carbons (Fsp3) is 0.267. The second kappa shape index (κ2) is 5.84. The van der Waals surface area contributed by atoms with Crippen molar-refractivity contribution in [1.29, 1.82) is 0 Å². The monoisotopic (exact) mass is 422 g/mol. The Labute approximate surface area is 146 Å². The van der Waals surface area contributed by atoms with Crippen LogP contribution in [0.1, 0.15) is 32.0 Å². The quantitative estimate of drug-likeness (QED) is 0.468. The number of hydrogen-bond acceptors (Lipinski definition) is 5. The molecule has 0 unspecified atom stereocenters. The Morgan fingerprint density at radius 3 is 2.70 bits per heavy atom. The van der Waals surface area contributed by atoms with E-state index in [0.717, 1.165) is 9.13 Å². The number of halogens is 1. The third-order valence-electron chi connectivity index (χ3n) is 3.23. The first-order valence-electron chi connectivity index (χ1n) is 7.00. The van der Waals surface area contributed by atoms with Gasteiger partial charge in [0.25, 0.3) is 11.3 Å². The number of hydrogen-bond donors (Lipinski definition) is 0. The van der Waals surface area contributed by atoms with Crippen LogP contribution in [0.25, 0.3) is 5.78 Å². The lowest BCUT2D eigenvalue weighted by atomic mass is 9.93. The van der Waals surface area contributed by atoms with Crippen molar-refractivity contribution < 1.29 is 0 Å². The summed E-state index contributed by atoms with van der Waals surface area (Å²) in [4.78, 5) is 12.7. The number of rotatable bonds is 2. The van der Waals surface area contributed by atoms with Gasteiger partial charge >= 0.3 is 0 Å². The Morgan fingerprint density at radius 1 is 1.26 bits per heavy atom. The largest absolute Gasteiger partial charge is 0.298 e. The number of nitrogens with zero attached hydrogens (tertiary/aromatic N) is 6. The average Bonchev–Trinajstić information content (AvgIpc) is 2.94. The molecule has 0 aliphatic rings. The van der Waals surface area contributed by atoms with Crippen molar-refractivity contribution in [1.82, 2.24) is 24.5 Å². The van der Waals surface area contributed by atoms with Crippen LogP contribution in [0.15, 0.2) is 40.5 Å². The standard InChI is InChI=1S/C15H15IN6O/c1-15(2,3)12-13(23)22(14-19-17-9-21(14)20-12)18-8-10-6-4-5-7-11(10)16/h4-9H,1-3H3/b18-8-. The van der Waals surface area contributed by atoms with Gasteiger partial charge in [-0.3, -0.25) is 4.79 Å². The van der Waals surface area contributed by atoms with Gasteiger partial charge in [-0.1, -0.05) is 39.0 Å². The molecule has 0 aliphatic carbocycles. The van der Waals surface area contributed by atoms with E-state index < -0.39 is 5.41 Å². The molecule has 0 radical (unpaired) electrons. The van der Waals surface area contributed by atoms with Gasteiger partial charge in [-0.25, -0.2) is 0 Å². The van der Waals surface area contributed by atoms with Gasteiger partial charge in [0.05, 0.1) is 6.21 Å². The molecule has 8 heteroatoms. The first-order valence-corrected chi connectivity index (χ1v) is 8.08. The normalized spacial score (nSPS) is 12.3. The number of fused-ring (bicyclic) bond motifs is 1. The van der Waals surface area contributed by atoms with Crippen LogP contribution in [0.4, 0.5) is 0 Å². The van der Waals surface area contributed by atoms with Crippen molar-refractivity contribution >= 4 is 34.6 Å². The maximum Gasteiger partial charge on any atom is 0.298 e. The lowest BCUT2D eigenvalue weighted by molar-refractivity contribution is 0.529. The summed E-state index contributed by atoms with van der Waals surface area (Å²) >= 11 is 2.22. The Hall–Kier alpha value is -2.10. The molecular weight excluding hydrogens is 407 g/mol. The van der Waals surface area contributed by atoms with E-state index in [4.69, 9.17) is 0 Å². The van der Waals surface area contributed by atoms with Gasteiger partial charge in [-0.15, -0.1) is 10.2 Å². The molecule has 7 nitrogen and oxygen atoms in total. The van der Waals surface area contributed by atoms with Crippen LogP contribution in [0.5, 0.6) is 0 Å². The van der Waals surface area contributed by atoms with Gasteiger partial charge in [0.1, 0.15) is 12.0 Å². The van der Waals surface area contributed by atoms with Gasteiger partial charge < -0.3 is 0 Å². The molecule has 0 N–H and O–H groups in total. The van der Waals surface area contributed by atoms with Crippen LogP contribution in [-0.2, 0) is 5.41 Å². The summed E-state index contributed by atoms with van der Waals surface area (Å²) in [7, 11) is 0. The SMILES string of the molecule is CC(C)(C)c1nn2cnnc2n(/N=C\c2ccccc2I)c1=O. The fourth-order valence-corrected chi connectivity index (χ4v) is 2.58. The van der Waals surface area contributed by atoms with Crippen LogP contribution in [-0.4, -0.2) is 30.7 Å². The van der Waals surface area contributed by atoms with E-state index in [2.05, 4.69) is 43.0 Å². The molecule has 3 aromatic rings. The molecule has 23 heavy (non-hydrogen) atoms.